The molecule has 132 valence electrons. The van der Waals surface area contributed by atoms with Crippen LogP contribution in [0.2, 0.25) is 0 Å². The molecular formula is C20H20N4O2. The number of aromatic nitrogens is 3. The lowest BCUT2D eigenvalue weighted by Crippen LogP contribution is -2.22. The van der Waals surface area contributed by atoms with E-state index in [4.69, 9.17) is 4.74 Å². The lowest BCUT2D eigenvalue weighted by Gasteiger charge is -2.25. The Balaban J connectivity index is 1.47. The molecule has 1 N–H and O–H groups in total. The molecule has 26 heavy (non-hydrogen) atoms. The molecule has 1 aliphatic rings. The van der Waals surface area contributed by atoms with Crippen molar-refractivity contribution in [1.82, 2.24) is 14.8 Å². The predicted molar refractivity (Wildman–Crippen MR) is 98.2 cm³/mol. The van der Waals surface area contributed by atoms with Crippen molar-refractivity contribution in [2.45, 2.75) is 25.9 Å². The lowest BCUT2D eigenvalue weighted by molar-refractivity contribution is -0.119. The molecule has 1 amide bonds. The van der Waals surface area contributed by atoms with Crippen molar-refractivity contribution in [3.8, 4) is 5.69 Å². The molecule has 0 bridgehead atoms. The summed E-state index contributed by atoms with van der Waals surface area (Å²) in [5, 5.41) is 10.9. The highest BCUT2D eigenvalue weighted by molar-refractivity contribution is 5.91. The predicted octanol–water partition coefficient (Wildman–Crippen LogP) is 3.22. The molecule has 6 nitrogen and oxygen atoms in total. The molecule has 0 aliphatic carbocycles. The van der Waals surface area contributed by atoms with Gasteiger partial charge in [-0.25, -0.2) is 0 Å². The van der Waals surface area contributed by atoms with E-state index in [9.17, 15) is 4.79 Å². The van der Waals surface area contributed by atoms with Gasteiger partial charge in [0.05, 0.1) is 24.8 Å². The summed E-state index contributed by atoms with van der Waals surface area (Å²) in [4.78, 5) is 12.5. The van der Waals surface area contributed by atoms with Crippen molar-refractivity contribution >= 4 is 11.6 Å². The van der Waals surface area contributed by atoms with Crippen LogP contribution in [-0.4, -0.2) is 27.3 Å². The Morgan fingerprint density at radius 1 is 1.27 bits per heavy atom. The van der Waals surface area contributed by atoms with Crippen molar-refractivity contribution in [2.24, 2.45) is 0 Å². The molecule has 3 aromatic rings. The van der Waals surface area contributed by atoms with E-state index in [0.717, 1.165) is 29.2 Å². The van der Waals surface area contributed by atoms with Gasteiger partial charge in [-0.05, 0) is 42.7 Å². The summed E-state index contributed by atoms with van der Waals surface area (Å²) in [7, 11) is 0. The normalized spacial score (nSPS) is 16.1. The second-order valence-electron chi connectivity index (χ2n) is 6.36. The third kappa shape index (κ3) is 3.36. The van der Waals surface area contributed by atoms with Crippen molar-refractivity contribution in [3.05, 3.63) is 71.8 Å². The maximum atomic E-state index is 12.5. The highest BCUT2D eigenvalue weighted by Gasteiger charge is 2.23. The standard InChI is InChI=1S/C20H20N4O2/c1-14-23-21-13-24(14)17-7-4-6-16(11-17)22-20(25)12-19-18-8-3-2-5-15(18)9-10-26-19/h2-8,11,13,19H,9-10,12H2,1H3,(H,22,25). The number of carbonyl (C=O) groups is 1. The number of carbonyl (C=O) groups excluding carboxylic acids is 1. The van der Waals surface area contributed by atoms with Gasteiger partial charge in [0, 0.05) is 5.69 Å². The summed E-state index contributed by atoms with van der Waals surface area (Å²) in [6, 6.07) is 15.8. The largest absolute Gasteiger partial charge is 0.373 e. The fraction of sp³-hybridized carbons (Fsp3) is 0.250. The Labute approximate surface area is 151 Å². The third-order valence-electron chi connectivity index (χ3n) is 4.59. The zero-order valence-electron chi connectivity index (χ0n) is 14.6. The highest BCUT2D eigenvalue weighted by atomic mass is 16.5. The van der Waals surface area contributed by atoms with Gasteiger partial charge < -0.3 is 10.1 Å². The highest BCUT2D eigenvalue weighted by Crippen LogP contribution is 2.29. The Bertz CT molecular complexity index is 935. The zero-order chi connectivity index (χ0) is 17.9. The van der Waals surface area contributed by atoms with E-state index in [-0.39, 0.29) is 12.0 Å². The van der Waals surface area contributed by atoms with Crippen molar-refractivity contribution in [2.75, 3.05) is 11.9 Å². The number of hydrogen-bond acceptors (Lipinski definition) is 4. The monoisotopic (exact) mass is 348 g/mol. The minimum absolute atomic E-state index is 0.0654. The Kier molecular flexibility index (Phi) is 4.50. The Hall–Kier alpha value is -2.99. The van der Waals surface area contributed by atoms with Gasteiger partial charge in [0.15, 0.2) is 0 Å². The number of nitrogens with zero attached hydrogens (tertiary/aromatic N) is 3. The molecule has 0 radical (unpaired) electrons. The summed E-state index contributed by atoms with van der Waals surface area (Å²) in [5.41, 5.74) is 4.03. The quantitative estimate of drug-likeness (QED) is 0.786. The van der Waals surface area contributed by atoms with E-state index in [0.29, 0.717) is 13.0 Å². The molecule has 1 atom stereocenters. The van der Waals surface area contributed by atoms with Crippen molar-refractivity contribution in [1.29, 1.82) is 0 Å². The molecule has 0 saturated carbocycles. The number of hydrogen-bond donors (Lipinski definition) is 1. The molecule has 0 saturated heterocycles. The minimum atomic E-state index is -0.191. The number of nitrogens with one attached hydrogen (secondary N) is 1. The van der Waals surface area contributed by atoms with E-state index in [1.165, 1.54) is 5.56 Å². The zero-order valence-corrected chi connectivity index (χ0v) is 14.6. The van der Waals surface area contributed by atoms with Crippen LogP contribution in [0.5, 0.6) is 0 Å². The average Bonchev–Trinajstić information content (AvgIpc) is 3.08. The van der Waals surface area contributed by atoms with Crippen LogP contribution >= 0.6 is 0 Å². The first-order valence-electron chi connectivity index (χ1n) is 8.67. The Morgan fingerprint density at radius 2 is 2.15 bits per heavy atom. The van der Waals surface area contributed by atoms with Gasteiger partial charge in [-0.3, -0.25) is 9.36 Å². The van der Waals surface area contributed by atoms with Gasteiger partial charge in [0.1, 0.15) is 12.2 Å². The van der Waals surface area contributed by atoms with Crippen LogP contribution in [0.4, 0.5) is 5.69 Å². The fourth-order valence-electron chi connectivity index (χ4n) is 3.31. The molecule has 2 aromatic carbocycles. The second-order valence-corrected chi connectivity index (χ2v) is 6.36. The maximum Gasteiger partial charge on any atom is 0.227 e. The first kappa shape index (κ1) is 16.5. The van der Waals surface area contributed by atoms with Gasteiger partial charge in [-0.2, -0.15) is 0 Å². The topological polar surface area (TPSA) is 69.0 Å². The van der Waals surface area contributed by atoms with Gasteiger partial charge in [-0.15, -0.1) is 10.2 Å². The van der Waals surface area contributed by atoms with Crippen LogP contribution < -0.4 is 5.32 Å². The van der Waals surface area contributed by atoms with E-state index in [1.54, 1.807) is 6.33 Å². The fourth-order valence-corrected chi connectivity index (χ4v) is 3.31. The number of aryl methyl sites for hydroxylation is 1. The molecule has 0 spiro atoms. The van der Waals surface area contributed by atoms with E-state index in [1.807, 2.05) is 54.0 Å². The summed E-state index contributed by atoms with van der Waals surface area (Å²) in [6.45, 7) is 2.54. The van der Waals surface area contributed by atoms with Gasteiger partial charge >= 0.3 is 0 Å². The van der Waals surface area contributed by atoms with Crippen LogP contribution in [0.15, 0.2) is 54.9 Å². The first-order chi connectivity index (χ1) is 12.7. The molecular weight excluding hydrogens is 328 g/mol. The Morgan fingerprint density at radius 3 is 3.00 bits per heavy atom. The number of benzene rings is 2. The SMILES string of the molecule is Cc1nncn1-c1cccc(NC(=O)CC2OCCc3ccccc32)c1. The summed E-state index contributed by atoms with van der Waals surface area (Å²) in [6.07, 6.45) is 2.66. The average molecular weight is 348 g/mol. The van der Waals surface area contributed by atoms with Crippen LogP contribution in [0.1, 0.15) is 29.5 Å². The summed E-state index contributed by atoms with van der Waals surface area (Å²) < 4.78 is 7.70. The van der Waals surface area contributed by atoms with E-state index >= 15 is 0 Å². The maximum absolute atomic E-state index is 12.5. The van der Waals surface area contributed by atoms with Gasteiger partial charge in [-0.1, -0.05) is 30.3 Å². The molecule has 0 fully saturated rings. The van der Waals surface area contributed by atoms with Crippen LogP contribution in [-0.2, 0) is 16.0 Å². The molecule has 1 aliphatic heterocycles. The number of rotatable bonds is 4. The lowest BCUT2D eigenvalue weighted by atomic mass is 9.95. The van der Waals surface area contributed by atoms with Crippen LogP contribution in [0.25, 0.3) is 5.69 Å². The minimum Gasteiger partial charge on any atom is -0.373 e. The molecule has 4 rings (SSSR count). The number of ether oxygens (including phenoxy) is 1. The number of amides is 1. The number of anilines is 1. The molecule has 2 heterocycles. The summed E-state index contributed by atoms with van der Waals surface area (Å²) in [5.74, 6) is 0.727. The molecule has 1 aromatic heterocycles. The van der Waals surface area contributed by atoms with Crippen LogP contribution in [0.3, 0.4) is 0 Å². The smallest absolute Gasteiger partial charge is 0.227 e. The van der Waals surface area contributed by atoms with Crippen molar-refractivity contribution in [3.63, 3.8) is 0 Å². The third-order valence-corrected chi connectivity index (χ3v) is 4.59. The van der Waals surface area contributed by atoms with Crippen LogP contribution in [0, 0.1) is 6.92 Å². The van der Waals surface area contributed by atoms with Gasteiger partial charge in [0.2, 0.25) is 5.91 Å². The summed E-state index contributed by atoms with van der Waals surface area (Å²) >= 11 is 0. The second kappa shape index (κ2) is 7.09. The molecule has 6 heteroatoms. The number of fused-ring (bicyclic) bond motifs is 1. The van der Waals surface area contributed by atoms with Gasteiger partial charge in [0.25, 0.3) is 0 Å². The van der Waals surface area contributed by atoms with E-state index < -0.39 is 0 Å². The first-order valence-corrected chi connectivity index (χ1v) is 8.67. The molecule has 1 unspecified atom stereocenters. The van der Waals surface area contributed by atoms with E-state index in [2.05, 4.69) is 21.6 Å². The van der Waals surface area contributed by atoms with Crippen molar-refractivity contribution < 1.29 is 9.53 Å².